The summed E-state index contributed by atoms with van der Waals surface area (Å²) in [6, 6.07) is 12.0. The second-order valence-electron chi connectivity index (χ2n) is 8.61. The van der Waals surface area contributed by atoms with Gasteiger partial charge in [-0.1, -0.05) is 30.9 Å². The number of halogens is 1. The molecule has 4 N–H and O–H groups in total. The summed E-state index contributed by atoms with van der Waals surface area (Å²) in [5.74, 6) is -0.624. The molecule has 0 atom stereocenters. The molecule has 0 spiro atoms. The van der Waals surface area contributed by atoms with Crippen molar-refractivity contribution in [3.63, 3.8) is 0 Å². The van der Waals surface area contributed by atoms with Crippen LogP contribution in [0.15, 0.2) is 42.5 Å². The number of rotatable bonds is 8. The third-order valence-electron chi connectivity index (χ3n) is 5.46. The fourth-order valence-corrected chi connectivity index (χ4v) is 3.96. The van der Waals surface area contributed by atoms with Crippen molar-refractivity contribution in [1.82, 2.24) is 10.6 Å². The van der Waals surface area contributed by atoms with Crippen molar-refractivity contribution in [3.8, 4) is 0 Å². The van der Waals surface area contributed by atoms with Gasteiger partial charge in [0.05, 0.1) is 17.1 Å². The van der Waals surface area contributed by atoms with E-state index in [4.69, 9.17) is 11.6 Å². The number of anilines is 2. The van der Waals surface area contributed by atoms with Gasteiger partial charge in [0.15, 0.2) is 0 Å². The Morgan fingerprint density at radius 2 is 1.61 bits per heavy atom. The molecule has 0 aliphatic heterocycles. The van der Waals surface area contributed by atoms with E-state index in [0.717, 1.165) is 31.4 Å². The van der Waals surface area contributed by atoms with Crippen LogP contribution in [0, 0.1) is 0 Å². The molecule has 33 heavy (non-hydrogen) atoms. The van der Waals surface area contributed by atoms with Gasteiger partial charge in [-0.15, -0.1) is 0 Å². The maximum absolute atomic E-state index is 12.7. The Hall–Kier alpha value is -3.06. The minimum absolute atomic E-state index is 0.0315. The maximum Gasteiger partial charge on any atom is 0.253 e. The van der Waals surface area contributed by atoms with Crippen molar-refractivity contribution >= 4 is 40.7 Å². The molecule has 1 fully saturated rings. The molecule has 0 aromatic heterocycles. The predicted octanol–water partition coefficient (Wildman–Crippen LogP) is 4.59. The highest BCUT2D eigenvalue weighted by molar-refractivity contribution is 6.34. The number of nitrogens with one attached hydrogen (secondary N) is 4. The number of carbonyl (C=O) groups excluding carboxylic acids is 3. The summed E-state index contributed by atoms with van der Waals surface area (Å²) in [7, 11) is 0. The van der Waals surface area contributed by atoms with E-state index in [1.807, 2.05) is 13.8 Å². The third-order valence-corrected chi connectivity index (χ3v) is 5.78. The Labute approximate surface area is 199 Å². The molecule has 0 saturated heterocycles. The van der Waals surface area contributed by atoms with Crippen LogP contribution in [0.4, 0.5) is 11.4 Å². The lowest BCUT2D eigenvalue weighted by molar-refractivity contribution is -0.114. The smallest absolute Gasteiger partial charge is 0.253 e. The molecular formula is C25H31ClN4O3. The largest absolute Gasteiger partial charge is 0.376 e. The van der Waals surface area contributed by atoms with Crippen molar-refractivity contribution < 1.29 is 14.4 Å². The summed E-state index contributed by atoms with van der Waals surface area (Å²) < 4.78 is 0. The van der Waals surface area contributed by atoms with E-state index in [1.54, 1.807) is 42.5 Å². The number of hydrogen-bond donors (Lipinski definition) is 4. The summed E-state index contributed by atoms with van der Waals surface area (Å²) in [4.78, 5) is 37.1. The Balaban J connectivity index is 1.53. The predicted molar refractivity (Wildman–Crippen MR) is 132 cm³/mol. The first-order valence-electron chi connectivity index (χ1n) is 11.4. The Bertz CT molecular complexity index is 986. The lowest BCUT2D eigenvalue weighted by Crippen LogP contribution is -2.36. The van der Waals surface area contributed by atoms with Crippen LogP contribution in [0.1, 0.15) is 66.7 Å². The second-order valence-corrected chi connectivity index (χ2v) is 9.02. The van der Waals surface area contributed by atoms with Gasteiger partial charge < -0.3 is 21.3 Å². The van der Waals surface area contributed by atoms with E-state index in [1.165, 1.54) is 6.42 Å². The summed E-state index contributed by atoms with van der Waals surface area (Å²) in [5, 5.41) is 12.0. The van der Waals surface area contributed by atoms with Crippen LogP contribution in [-0.4, -0.2) is 36.3 Å². The average Bonchev–Trinajstić information content (AvgIpc) is 2.79. The molecule has 8 heteroatoms. The zero-order valence-corrected chi connectivity index (χ0v) is 19.8. The number of benzene rings is 2. The van der Waals surface area contributed by atoms with Gasteiger partial charge in [0.25, 0.3) is 11.8 Å². The second kappa shape index (κ2) is 11.7. The fourth-order valence-electron chi connectivity index (χ4n) is 3.76. The highest BCUT2D eigenvalue weighted by Gasteiger charge is 2.19. The zero-order chi connectivity index (χ0) is 23.8. The van der Waals surface area contributed by atoms with Crippen molar-refractivity contribution in [3.05, 3.63) is 58.6 Å². The van der Waals surface area contributed by atoms with Crippen molar-refractivity contribution in [2.24, 2.45) is 0 Å². The van der Waals surface area contributed by atoms with E-state index >= 15 is 0 Å². The lowest BCUT2D eigenvalue weighted by Gasteiger charge is -2.23. The molecule has 0 radical (unpaired) electrons. The number of amides is 3. The maximum atomic E-state index is 12.7. The van der Waals surface area contributed by atoms with E-state index in [0.29, 0.717) is 21.8 Å². The molecule has 3 amide bonds. The molecule has 0 unspecified atom stereocenters. The molecule has 1 aliphatic rings. The molecule has 176 valence electrons. The minimum Gasteiger partial charge on any atom is -0.376 e. The van der Waals surface area contributed by atoms with Gasteiger partial charge in [0.1, 0.15) is 0 Å². The topological polar surface area (TPSA) is 99.3 Å². The van der Waals surface area contributed by atoms with Crippen LogP contribution < -0.4 is 21.3 Å². The summed E-state index contributed by atoms with van der Waals surface area (Å²) in [6.07, 6.45) is 5.41. The monoisotopic (exact) mass is 470 g/mol. The van der Waals surface area contributed by atoms with Gasteiger partial charge >= 0.3 is 0 Å². The van der Waals surface area contributed by atoms with Gasteiger partial charge in [-0.2, -0.15) is 0 Å². The van der Waals surface area contributed by atoms with Gasteiger partial charge in [-0.25, -0.2) is 0 Å². The average molecular weight is 471 g/mol. The normalized spacial score (nSPS) is 13.9. The molecule has 2 aromatic rings. The Morgan fingerprint density at radius 1 is 0.939 bits per heavy atom. The number of carbonyl (C=O) groups is 3. The highest BCUT2D eigenvalue weighted by atomic mass is 35.5. The molecule has 3 rings (SSSR count). The quantitative estimate of drug-likeness (QED) is 0.453. The van der Waals surface area contributed by atoms with E-state index in [-0.39, 0.29) is 36.3 Å². The molecular weight excluding hydrogens is 440 g/mol. The zero-order valence-electron chi connectivity index (χ0n) is 19.0. The molecule has 0 heterocycles. The van der Waals surface area contributed by atoms with Crippen molar-refractivity contribution in [2.45, 2.75) is 58.0 Å². The van der Waals surface area contributed by atoms with Crippen LogP contribution in [0.5, 0.6) is 0 Å². The standard InChI is InChI=1S/C25H31ClN4O3/c1-16(2)28-24(32)17-8-10-18(11-9-17)27-15-23(31)29-20-12-13-22(26)21(14-20)25(33)30-19-6-4-3-5-7-19/h8-14,16,19,27H,3-7,15H2,1-2H3,(H,28,32)(H,29,31)(H,30,33). The first-order chi connectivity index (χ1) is 15.8. The van der Waals surface area contributed by atoms with Gasteiger partial charge in [-0.05, 0) is 69.2 Å². The van der Waals surface area contributed by atoms with E-state index in [9.17, 15) is 14.4 Å². The first-order valence-corrected chi connectivity index (χ1v) is 11.7. The van der Waals surface area contributed by atoms with E-state index in [2.05, 4.69) is 21.3 Å². The van der Waals surface area contributed by atoms with Crippen LogP contribution in [-0.2, 0) is 4.79 Å². The molecule has 7 nitrogen and oxygen atoms in total. The molecule has 1 aliphatic carbocycles. The van der Waals surface area contributed by atoms with Gasteiger partial charge in [0, 0.05) is 29.0 Å². The van der Waals surface area contributed by atoms with Crippen LogP contribution in [0.25, 0.3) is 0 Å². The van der Waals surface area contributed by atoms with Crippen LogP contribution in [0.3, 0.4) is 0 Å². The van der Waals surface area contributed by atoms with Crippen molar-refractivity contribution in [1.29, 1.82) is 0 Å². The highest BCUT2D eigenvalue weighted by Crippen LogP contribution is 2.23. The summed E-state index contributed by atoms with van der Waals surface area (Å²) >= 11 is 6.23. The van der Waals surface area contributed by atoms with Gasteiger partial charge in [0.2, 0.25) is 5.91 Å². The fraction of sp³-hybridized carbons (Fsp3) is 0.400. The third kappa shape index (κ3) is 7.49. The van der Waals surface area contributed by atoms with E-state index < -0.39 is 0 Å². The number of hydrogen-bond acceptors (Lipinski definition) is 4. The SMILES string of the molecule is CC(C)NC(=O)c1ccc(NCC(=O)Nc2ccc(Cl)c(C(=O)NC3CCCCC3)c2)cc1. The summed E-state index contributed by atoms with van der Waals surface area (Å²) in [5.41, 5.74) is 2.12. The minimum atomic E-state index is -0.266. The van der Waals surface area contributed by atoms with Gasteiger partial charge in [-0.3, -0.25) is 14.4 Å². The molecule has 0 bridgehead atoms. The Kier molecular flexibility index (Phi) is 8.72. The van der Waals surface area contributed by atoms with Crippen LogP contribution >= 0.6 is 11.6 Å². The summed E-state index contributed by atoms with van der Waals surface area (Å²) in [6.45, 7) is 3.84. The molecule has 1 saturated carbocycles. The van der Waals surface area contributed by atoms with Crippen LogP contribution in [0.2, 0.25) is 5.02 Å². The Morgan fingerprint density at radius 3 is 2.27 bits per heavy atom. The lowest BCUT2D eigenvalue weighted by atomic mass is 9.95. The van der Waals surface area contributed by atoms with Crippen molar-refractivity contribution in [2.75, 3.05) is 17.2 Å². The first kappa shape index (κ1) is 24.6. The molecule has 2 aromatic carbocycles.